The van der Waals surface area contributed by atoms with Crippen molar-refractivity contribution in [2.75, 3.05) is 34.3 Å². The number of aliphatic hydroxyl groups is 4. The van der Waals surface area contributed by atoms with Gasteiger partial charge in [-0.15, -0.1) is 0 Å². The molecular weight excluding hydrogens is 807 g/mol. The lowest BCUT2D eigenvalue weighted by atomic mass is 9.77. The highest BCUT2D eigenvalue weighted by Crippen LogP contribution is 2.40. The average molecular weight is 886 g/mol. The van der Waals surface area contributed by atoms with Gasteiger partial charge in [0.1, 0.15) is 23.9 Å². The van der Waals surface area contributed by atoms with Crippen LogP contribution in [0.25, 0.3) is 17.0 Å². The Morgan fingerprint density at radius 1 is 0.968 bits per heavy atom. The molecule has 4 N–H and O–H groups in total. The van der Waals surface area contributed by atoms with E-state index in [4.69, 9.17) is 28.4 Å². The molecule has 63 heavy (non-hydrogen) atoms. The normalized spacial score (nSPS) is 42.0. The van der Waals surface area contributed by atoms with E-state index in [1.54, 1.807) is 34.6 Å². The molecule has 4 heterocycles. The van der Waals surface area contributed by atoms with Gasteiger partial charge < -0.3 is 53.7 Å². The third-order valence-electron chi connectivity index (χ3n) is 14.0. The summed E-state index contributed by atoms with van der Waals surface area (Å²) in [6.07, 6.45) is -0.151. The number of cyclic esters (lactones) is 1. The third kappa shape index (κ3) is 12.4. The molecule has 3 aliphatic rings. The first-order chi connectivity index (χ1) is 29.5. The number of nitrogens with zero attached hydrogens (tertiary/aromatic N) is 3. The minimum atomic E-state index is -1.56. The van der Waals surface area contributed by atoms with Crippen molar-refractivity contribution >= 4 is 22.9 Å². The first-order valence-corrected chi connectivity index (χ1v) is 23.1. The van der Waals surface area contributed by atoms with E-state index in [2.05, 4.69) is 41.9 Å². The van der Waals surface area contributed by atoms with Gasteiger partial charge in [0.25, 0.3) is 0 Å². The number of methoxy groups -OCH3 is 1. The number of para-hydroxylation sites is 1. The van der Waals surface area contributed by atoms with E-state index in [0.29, 0.717) is 32.4 Å². The standard InChI is InChI=1S/C49H79N3O11/c1-14-39-47(8,56)25-30(3)52(21-17-18-35-23-36-19-15-16-20-37(36)50-27-35)28-29(2)24-48(9,57)44(63-46-41(53)38(51(11)12)22-31(4)59-46)32(5)42(33(6)45(55)61-39)62-40-26-49(10,58-13)43(54)34(7)60-40/h15-20,23,27,29-34,38-44,46,53-54,56-57H,14,21-22,24-26,28H2,1-13H3/b18-17+/t29-,30-,31-,32+,33-,34+,38+,39+,40+,41-,42+,43+,44-,46+,47+,48+,49-/m1/s1. The Kier molecular flexibility index (Phi) is 17.4. The number of fused-ring (bicyclic) bond motifs is 1. The lowest BCUT2D eigenvalue weighted by Gasteiger charge is -2.48. The maximum absolute atomic E-state index is 14.5. The zero-order chi connectivity index (χ0) is 46.6. The van der Waals surface area contributed by atoms with E-state index in [-0.39, 0.29) is 36.9 Å². The van der Waals surface area contributed by atoms with Crippen LogP contribution in [0, 0.1) is 17.8 Å². The largest absolute Gasteiger partial charge is 0.459 e. The molecule has 14 nitrogen and oxygen atoms in total. The van der Waals surface area contributed by atoms with Crippen LogP contribution in [0.5, 0.6) is 0 Å². The van der Waals surface area contributed by atoms with Gasteiger partial charge in [0.15, 0.2) is 12.6 Å². The molecule has 17 atom stereocenters. The van der Waals surface area contributed by atoms with Gasteiger partial charge in [-0.3, -0.25) is 14.7 Å². The van der Waals surface area contributed by atoms with Gasteiger partial charge in [-0.2, -0.15) is 0 Å². The van der Waals surface area contributed by atoms with E-state index in [1.807, 2.05) is 70.2 Å². The van der Waals surface area contributed by atoms with Crippen molar-refractivity contribution in [2.24, 2.45) is 17.8 Å². The summed E-state index contributed by atoms with van der Waals surface area (Å²) in [7, 11) is 5.34. The van der Waals surface area contributed by atoms with Crippen LogP contribution in [0.4, 0.5) is 0 Å². The van der Waals surface area contributed by atoms with Crippen molar-refractivity contribution in [3.8, 4) is 0 Å². The molecule has 3 aliphatic heterocycles. The molecule has 0 bridgehead atoms. The van der Waals surface area contributed by atoms with Crippen molar-refractivity contribution in [3.63, 3.8) is 0 Å². The fourth-order valence-corrected chi connectivity index (χ4v) is 10.4. The topological polar surface area (TPSA) is 173 Å². The number of aromatic nitrogens is 1. The van der Waals surface area contributed by atoms with Crippen LogP contribution in [0.1, 0.15) is 107 Å². The van der Waals surface area contributed by atoms with Gasteiger partial charge in [0.05, 0.1) is 47.1 Å². The molecule has 0 spiro atoms. The van der Waals surface area contributed by atoms with Crippen LogP contribution in [0.3, 0.4) is 0 Å². The Labute approximate surface area is 376 Å². The molecule has 3 saturated heterocycles. The number of pyridine rings is 1. The van der Waals surface area contributed by atoms with Crippen LogP contribution < -0.4 is 0 Å². The van der Waals surface area contributed by atoms with E-state index in [1.165, 1.54) is 7.11 Å². The maximum Gasteiger partial charge on any atom is 0.311 e. The number of aliphatic hydroxyl groups excluding tert-OH is 2. The fourth-order valence-electron chi connectivity index (χ4n) is 10.4. The lowest BCUT2D eigenvalue weighted by molar-refractivity contribution is -0.318. The second-order valence-corrected chi connectivity index (χ2v) is 20.0. The Morgan fingerprint density at radius 3 is 2.33 bits per heavy atom. The van der Waals surface area contributed by atoms with Gasteiger partial charge in [-0.1, -0.05) is 51.1 Å². The number of hydrogen-bond donors (Lipinski definition) is 4. The minimum Gasteiger partial charge on any atom is -0.459 e. The first kappa shape index (κ1) is 51.4. The highest BCUT2D eigenvalue weighted by atomic mass is 16.7. The van der Waals surface area contributed by atoms with Crippen molar-refractivity contribution in [2.45, 2.75) is 186 Å². The predicted molar refractivity (Wildman–Crippen MR) is 243 cm³/mol. The maximum atomic E-state index is 14.5. The van der Waals surface area contributed by atoms with Crippen molar-refractivity contribution in [1.29, 1.82) is 0 Å². The Morgan fingerprint density at radius 2 is 1.67 bits per heavy atom. The molecule has 14 heteroatoms. The van der Waals surface area contributed by atoms with Crippen LogP contribution in [0.2, 0.25) is 0 Å². The number of hydrogen-bond acceptors (Lipinski definition) is 14. The van der Waals surface area contributed by atoms with Crippen molar-refractivity contribution in [3.05, 3.63) is 48.2 Å². The van der Waals surface area contributed by atoms with Crippen LogP contribution in [-0.2, 0) is 33.2 Å². The van der Waals surface area contributed by atoms with Gasteiger partial charge in [-0.05, 0) is 112 Å². The Balaban J connectivity index is 1.55. The summed E-state index contributed by atoms with van der Waals surface area (Å²) < 4.78 is 38.3. The number of benzene rings is 1. The molecule has 0 amide bonds. The van der Waals surface area contributed by atoms with Crippen LogP contribution >= 0.6 is 0 Å². The lowest BCUT2D eigenvalue weighted by Crippen LogP contribution is -2.60. The molecule has 0 unspecified atom stereocenters. The SMILES string of the molecule is CC[C@@H]1OC(=O)[C@H](C)[C@@H](O[C@H]2C[C@@](C)(OC)[C@@H](O)[C@H](C)O2)[C@H](C)[C@@H](O[C@@H]2O[C@H](C)C[C@H](N(C)C)[C@H]2O)[C@@](C)(O)C[C@@H](C)CN(C/C=C/c2cnc3ccccc3c2)[C@H](C)C[C@]1(C)O. The Hall–Kier alpha value is -2.60. The summed E-state index contributed by atoms with van der Waals surface area (Å²) in [5, 5.41) is 48.9. The van der Waals surface area contributed by atoms with E-state index in [9.17, 15) is 25.2 Å². The zero-order valence-electron chi connectivity index (χ0n) is 40.1. The van der Waals surface area contributed by atoms with Crippen LogP contribution in [-0.4, -0.2) is 160 Å². The second-order valence-electron chi connectivity index (χ2n) is 20.0. The summed E-state index contributed by atoms with van der Waals surface area (Å²) in [6, 6.07) is 9.65. The summed E-state index contributed by atoms with van der Waals surface area (Å²) in [5.41, 5.74) is -2.08. The molecule has 3 fully saturated rings. The average Bonchev–Trinajstić information content (AvgIpc) is 3.21. The van der Waals surface area contributed by atoms with E-state index >= 15 is 0 Å². The minimum absolute atomic E-state index is 0.111. The second kappa shape index (κ2) is 21.4. The molecule has 2 aromatic rings. The smallest absolute Gasteiger partial charge is 0.311 e. The monoisotopic (exact) mass is 886 g/mol. The predicted octanol–water partition coefficient (Wildman–Crippen LogP) is 5.56. The van der Waals surface area contributed by atoms with Crippen LogP contribution in [0.15, 0.2) is 42.6 Å². The number of esters is 1. The van der Waals surface area contributed by atoms with Crippen molar-refractivity contribution in [1.82, 2.24) is 14.8 Å². The van der Waals surface area contributed by atoms with Gasteiger partial charge in [0, 0.05) is 56.2 Å². The van der Waals surface area contributed by atoms with Gasteiger partial charge in [0.2, 0.25) is 0 Å². The fraction of sp³-hybridized carbons (Fsp3) is 0.755. The molecule has 0 aliphatic carbocycles. The molecule has 1 aromatic heterocycles. The summed E-state index contributed by atoms with van der Waals surface area (Å²) in [4.78, 5) is 23.4. The molecule has 0 radical (unpaired) electrons. The molecular formula is C49H79N3O11. The molecule has 1 aromatic carbocycles. The highest BCUT2D eigenvalue weighted by Gasteiger charge is 2.52. The summed E-state index contributed by atoms with van der Waals surface area (Å²) in [5.74, 6) is -2.39. The number of likely N-dealkylation sites (N-methyl/N-ethyl adjacent to an activating group) is 1. The van der Waals surface area contributed by atoms with Gasteiger partial charge in [-0.25, -0.2) is 0 Å². The van der Waals surface area contributed by atoms with Gasteiger partial charge >= 0.3 is 5.97 Å². The quantitative estimate of drug-likeness (QED) is 0.219. The molecule has 5 rings (SSSR count). The van der Waals surface area contributed by atoms with E-state index < -0.39 is 83.8 Å². The van der Waals surface area contributed by atoms with Crippen molar-refractivity contribution < 1.29 is 53.6 Å². The summed E-state index contributed by atoms with van der Waals surface area (Å²) in [6.45, 7) is 19.6. The third-order valence-corrected chi connectivity index (χ3v) is 14.0. The molecule has 356 valence electrons. The first-order valence-electron chi connectivity index (χ1n) is 23.1. The number of rotatable bonds is 10. The number of carbonyl (C=O) groups excluding carboxylic acids is 1. The Bertz CT molecular complexity index is 1810. The zero-order valence-corrected chi connectivity index (χ0v) is 40.1. The highest BCUT2D eigenvalue weighted by molar-refractivity contribution is 5.80. The molecule has 0 saturated carbocycles. The summed E-state index contributed by atoms with van der Waals surface area (Å²) >= 11 is 0. The number of carbonyl (C=O) groups is 1. The number of ether oxygens (including phenoxy) is 6. The van der Waals surface area contributed by atoms with E-state index in [0.717, 1.165) is 16.5 Å².